The summed E-state index contributed by atoms with van der Waals surface area (Å²) in [6.45, 7) is 3.75. The molecule has 1 amide bonds. The van der Waals surface area contributed by atoms with Crippen molar-refractivity contribution in [3.8, 4) is 0 Å². The van der Waals surface area contributed by atoms with E-state index >= 15 is 0 Å². The van der Waals surface area contributed by atoms with Gasteiger partial charge in [-0.25, -0.2) is 0 Å². The Labute approximate surface area is 138 Å². The molecule has 0 unspecified atom stereocenters. The van der Waals surface area contributed by atoms with Gasteiger partial charge < -0.3 is 10.4 Å². The van der Waals surface area contributed by atoms with Gasteiger partial charge in [-0.1, -0.05) is 18.2 Å². The van der Waals surface area contributed by atoms with Crippen LogP contribution in [-0.4, -0.2) is 65.7 Å². The Morgan fingerprint density at radius 2 is 1.78 bits per heavy atom. The van der Waals surface area contributed by atoms with E-state index in [0.717, 1.165) is 44.6 Å². The van der Waals surface area contributed by atoms with Gasteiger partial charge in [-0.05, 0) is 50.9 Å². The van der Waals surface area contributed by atoms with Gasteiger partial charge in [0, 0.05) is 24.3 Å². The zero-order valence-corrected chi connectivity index (χ0v) is 13.7. The molecule has 2 heterocycles. The van der Waals surface area contributed by atoms with E-state index in [1.165, 1.54) is 6.42 Å². The van der Waals surface area contributed by atoms with Crippen molar-refractivity contribution in [3.63, 3.8) is 0 Å². The van der Waals surface area contributed by atoms with E-state index in [-0.39, 0.29) is 12.5 Å². The van der Waals surface area contributed by atoms with Gasteiger partial charge in [-0.15, -0.1) is 0 Å². The van der Waals surface area contributed by atoms with E-state index in [1.54, 1.807) is 0 Å². The maximum absolute atomic E-state index is 12.3. The Morgan fingerprint density at radius 1 is 1.09 bits per heavy atom. The lowest BCUT2D eigenvalue weighted by molar-refractivity contribution is -0.117. The third kappa shape index (κ3) is 4.31. The van der Waals surface area contributed by atoms with Crippen LogP contribution in [0.15, 0.2) is 30.3 Å². The predicted molar refractivity (Wildman–Crippen MR) is 91.3 cm³/mol. The monoisotopic (exact) mass is 317 g/mol. The average molecular weight is 317 g/mol. The minimum atomic E-state index is 0.0585. The standard InChI is InChI=1S/C18H27N3O2/c22-14-17-9-5-10-20(17)12-16-8-4-11-21(16)13-18(23)19-15-6-2-1-3-7-15/h1-3,6-7,16-17,22H,4-5,8-14H2,(H,19,23)/t16-,17-/m0/s1. The van der Waals surface area contributed by atoms with Crippen LogP contribution in [0.5, 0.6) is 0 Å². The molecular weight excluding hydrogens is 290 g/mol. The van der Waals surface area contributed by atoms with Crippen LogP contribution < -0.4 is 5.32 Å². The summed E-state index contributed by atoms with van der Waals surface area (Å²) < 4.78 is 0. The van der Waals surface area contributed by atoms with Gasteiger partial charge in [0.1, 0.15) is 0 Å². The topological polar surface area (TPSA) is 55.8 Å². The highest BCUT2D eigenvalue weighted by molar-refractivity contribution is 5.92. The average Bonchev–Trinajstić information content (AvgIpc) is 3.18. The lowest BCUT2D eigenvalue weighted by Gasteiger charge is -2.30. The number of rotatable bonds is 6. The first-order chi connectivity index (χ1) is 11.3. The Kier molecular flexibility index (Phi) is 5.65. The number of likely N-dealkylation sites (tertiary alicyclic amines) is 2. The summed E-state index contributed by atoms with van der Waals surface area (Å²) in [4.78, 5) is 17.0. The Balaban J connectivity index is 1.51. The number of amides is 1. The molecule has 0 aromatic heterocycles. The van der Waals surface area contributed by atoms with Gasteiger partial charge in [0.25, 0.3) is 0 Å². The molecule has 2 saturated heterocycles. The summed E-state index contributed by atoms with van der Waals surface area (Å²) in [6, 6.07) is 10.4. The van der Waals surface area contributed by atoms with Crippen molar-refractivity contribution in [2.24, 2.45) is 0 Å². The summed E-state index contributed by atoms with van der Waals surface area (Å²) in [6.07, 6.45) is 4.57. The normalized spacial score (nSPS) is 25.8. The summed E-state index contributed by atoms with van der Waals surface area (Å²) in [5, 5.41) is 12.4. The number of hydrogen-bond donors (Lipinski definition) is 2. The molecule has 2 N–H and O–H groups in total. The third-order valence-corrected chi connectivity index (χ3v) is 5.06. The second-order valence-corrected chi connectivity index (χ2v) is 6.65. The summed E-state index contributed by atoms with van der Waals surface area (Å²) in [7, 11) is 0. The quantitative estimate of drug-likeness (QED) is 0.836. The minimum Gasteiger partial charge on any atom is -0.395 e. The van der Waals surface area contributed by atoms with Crippen molar-refractivity contribution < 1.29 is 9.90 Å². The molecule has 1 aromatic rings. The highest BCUT2D eigenvalue weighted by Gasteiger charge is 2.31. The minimum absolute atomic E-state index is 0.0585. The first-order valence-electron chi connectivity index (χ1n) is 8.70. The molecule has 0 spiro atoms. The first kappa shape index (κ1) is 16.4. The largest absolute Gasteiger partial charge is 0.395 e. The molecule has 126 valence electrons. The van der Waals surface area contributed by atoms with Gasteiger partial charge in [-0.3, -0.25) is 14.6 Å². The Bertz CT molecular complexity index is 508. The van der Waals surface area contributed by atoms with Gasteiger partial charge in [0.15, 0.2) is 0 Å². The molecule has 2 aliphatic heterocycles. The van der Waals surface area contributed by atoms with E-state index in [2.05, 4.69) is 15.1 Å². The molecule has 1 aromatic carbocycles. The predicted octanol–water partition coefficient (Wildman–Crippen LogP) is 1.55. The number of hydrogen-bond acceptors (Lipinski definition) is 4. The molecule has 2 fully saturated rings. The maximum Gasteiger partial charge on any atom is 0.238 e. The number of nitrogens with one attached hydrogen (secondary N) is 1. The van der Waals surface area contributed by atoms with Crippen LogP contribution in [0.2, 0.25) is 0 Å². The zero-order chi connectivity index (χ0) is 16.1. The molecule has 5 nitrogen and oxygen atoms in total. The fraction of sp³-hybridized carbons (Fsp3) is 0.611. The molecule has 0 saturated carbocycles. The second-order valence-electron chi connectivity index (χ2n) is 6.65. The number of aliphatic hydroxyl groups excluding tert-OH is 1. The van der Waals surface area contributed by atoms with Crippen LogP contribution in [0.4, 0.5) is 5.69 Å². The lowest BCUT2D eigenvalue weighted by Crippen LogP contribution is -2.45. The molecule has 0 bridgehead atoms. The van der Waals surface area contributed by atoms with Crippen molar-refractivity contribution in [1.82, 2.24) is 9.80 Å². The molecule has 2 atom stereocenters. The molecule has 23 heavy (non-hydrogen) atoms. The summed E-state index contributed by atoms with van der Waals surface area (Å²) in [5.74, 6) is 0.0585. The Hall–Kier alpha value is -1.43. The van der Waals surface area contributed by atoms with E-state index in [4.69, 9.17) is 0 Å². The Morgan fingerprint density at radius 3 is 2.52 bits per heavy atom. The van der Waals surface area contributed by atoms with Crippen LogP contribution in [0.25, 0.3) is 0 Å². The first-order valence-corrected chi connectivity index (χ1v) is 8.70. The molecule has 5 heteroatoms. The molecular formula is C18H27N3O2. The van der Waals surface area contributed by atoms with Crippen LogP contribution in [0.3, 0.4) is 0 Å². The number of anilines is 1. The molecule has 3 rings (SSSR count). The maximum atomic E-state index is 12.3. The van der Waals surface area contributed by atoms with Crippen molar-refractivity contribution in [3.05, 3.63) is 30.3 Å². The molecule has 2 aliphatic rings. The van der Waals surface area contributed by atoms with Crippen LogP contribution in [0, 0.1) is 0 Å². The SMILES string of the molecule is O=C(CN1CCC[C@H]1CN1CCC[C@H]1CO)Nc1ccccc1. The lowest BCUT2D eigenvalue weighted by atomic mass is 10.2. The molecule has 0 radical (unpaired) electrons. The van der Waals surface area contributed by atoms with E-state index in [0.29, 0.717) is 18.6 Å². The summed E-state index contributed by atoms with van der Waals surface area (Å²) in [5.41, 5.74) is 0.855. The second kappa shape index (κ2) is 7.90. The fourth-order valence-electron chi connectivity index (χ4n) is 3.83. The van der Waals surface area contributed by atoms with Gasteiger partial charge >= 0.3 is 0 Å². The smallest absolute Gasteiger partial charge is 0.238 e. The number of carbonyl (C=O) groups is 1. The summed E-state index contributed by atoms with van der Waals surface area (Å²) >= 11 is 0. The number of benzene rings is 1. The highest BCUT2D eigenvalue weighted by Crippen LogP contribution is 2.23. The van der Waals surface area contributed by atoms with Crippen molar-refractivity contribution in [2.45, 2.75) is 37.8 Å². The number of carbonyl (C=O) groups excluding carboxylic acids is 1. The van der Waals surface area contributed by atoms with Crippen LogP contribution >= 0.6 is 0 Å². The van der Waals surface area contributed by atoms with E-state index < -0.39 is 0 Å². The van der Waals surface area contributed by atoms with Gasteiger partial charge in [-0.2, -0.15) is 0 Å². The van der Waals surface area contributed by atoms with Gasteiger partial charge in [0.2, 0.25) is 5.91 Å². The highest BCUT2D eigenvalue weighted by atomic mass is 16.3. The van der Waals surface area contributed by atoms with Gasteiger partial charge in [0.05, 0.1) is 13.2 Å². The number of aliphatic hydroxyl groups is 1. The van der Waals surface area contributed by atoms with Crippen molar-refractivity contribution >= 4 is 11.6 Å². The van der Waals surface area contributed by atoms with E-state index in [1.807, 2.05) is 30.3 Å². The third-order valence-electron chi connectivity index (χ3n) is 5.06. The number of nitrogens with zero attached hydrogens (tertiary/aromatic N) is 2. The fourth-order valence-corrected chi connectivity index (χ4v) is 3.83. The van der Waals surface area contributed by atoms with Crippen molar-refractivity contribution in [1.29, 1.82) is 0 Å². The van der Waals surface area contributed by atoms with Crippen molar-refractivity contribution in [2.75, 3.05) is 38.1 Å². The van der Waals surface area contributed by atoms with Crippen LogP contribution in [0.1, 0.15) is 25.7 Å². The molecule has 0 aliphatic carbocycles. The van der Waals surface area contributed by atoms with Crippen LogP contribution in [-0.2, 0) is 4.79 Å². The number of para-hydroxylation sites is 1. The zero-order valence-electron chi connectivity index (χ0n) is 13.7. The van der Waals surface area contributed by atoms with E-state index in [9.17, 15) is 9.90 Å².